The van der Waals surface area contributed by atoms with Crippen LogP contribution in [-0.4, -0.2) is 27.9 Å². The Morgan fingerprint density at radius 1 is 1.32 bits per heavy atom. The number of carbonyl (C=O) groups excluding carboxylic acids is 2. The number of thioether (sulfide) groups is 1. The van der Waals surface area contributed by atoms with Crippen LogP contribution in [0.2, 0.25) is 0 Å². The SMILES string of the molecule is COC(=O)c1ccccc1-n1c(C)cc(/C=C2\SC(=S)NC2=O)c1C. The number of nitrogens with one attached hydrogen (secondary N) is 1. The largest absolute Gasteiger partial charge is 0.465 e. The van der Waals surface area contributed by atoms with Gasteiger partial charge in [0.25, 0.3) is 5.91 Å². The van der Waals surface area contributed by atoms with Gasteiger partial charge in [-0.05, 0) is 43.7 Å². The minimum absolute atomic E-state index is 0.185. The summed E-state index contributed by atoms with van der Waals surface area (Å²) in [5.41, 5.74) is 4.01. The number of rotatable bonds is 3. The predicted octanol–water partition coefficient (Wildman–Crippen LogP) is 3.37. The molecule has 0 aliphatic carbocycles. The fourth-order valence-electron chi connectivity index (χ4n) is 2.82. The third-order valence-electron chi connectivity index (χ3n) is 3.95. The molecule has 7 heteroatoms. The lowest BCUT2D eigenvalue weighted by Gasteiger charge is -2.13. The highest BCUT2D eigenvalue weighted by Crippen LogP contribution is 2.30. The Labute approximate surface area is 155 Å². The Bertz CT molecular complexity index is 928. The Balaban J connectivity index is 2.11. The first-order valence-corrected chi connectivity index (χ1v) is 8.76. The minimum atomic E-state index is -0.390. The molecule has 1 aromatic heterocycles. The van der Waals surface area contributed by atoms with Crippen molar-refractivity contribution in [3.8, 4) is 5.69 Å². The molecule has 1 fully saturated rings. The van der Waals surface area contributed by atoms with E-state index in [1.54, 1.807) is 12.1 Å². The summed E-state index contributed by atoms with van der Waals surface area (Å²) in [5.74, 6) is -0.575. The molecule has 2 aromatic rings. The van der Waals surface area contributed by atoms with Crippen molar-refractivity contribution in [1.29, 1.82) is 0 Å². The van der Waals surface area contributed by atoms with E-state index < -0.39 is 0 Å². The van der Waals surface area contributed by atoms with Gasteiger partial charge in [0, 0.05) is 11.4 Å². The molecule has 1 saturated heterocycles. The average Bonchev–Trinajstić information content (AvgIpc) is 3.05. The van der Waals surface area contributed by atoms with Gasteiger partial charge in [0.15, 0.2) is 0 Å². The molecule has 1 aliphatic rings. The summed E-state index contributed by atoms with van der Waals surface area (Å²) in [6.07, 6.45) is 1.82. The lowest BCUT2D eigenvalue weighted by Crippen LogP contribution is -2.17. The smallest absolute Gasteiger partial charge is 0.339 e. The van der Waals surface area contributed by atoms with E-state index in [0.717, 1.165) is 22.6 Å². The Morgan fingerprint density at radius 2 is 2.04 bits per heavy atom. The lowest BCUT2D eigenvalue weighted by atomic mass is 10.1. The van der Waals surface area contributed by atoms with Crippen LogP contribution >= 0.6 is 24.0 Å². The molecule has 1 aliphatic heterocycles. The van der Waals surface area contributed by atoms with Crippen LogP contribution in [0.5, 0.6) is 0 Å². The fraction of sp³-hybridized carbons (Fsp3) is 0.167. The topological polar surface area (TPSA) is 60.3 Å². The van der Waals surface area contributed by atoms with Gasteiger partial charge in [-0.15, -0.1) is 0 Å². The summed E-state index contributed by atoms with van der Waals surface area (Å²) in [4.78, 5) is 24.5. The van der Waals surface area contributed by atoms with E-state index in [0.29, 0.717) is 14.8 Å². The number of nitrogens with zero attached hydrogens (tertiary/aromatic N) is 1. The monoisotopic (exact) mass is 372 g/mol. The van der Waals surface area contributed by atoms with E-state index in [1.165, 1.54) is 18.9 Å². The number of methoxy groups -OCH3 is 1. The molecule has 0 saturated carbocycles. The Morgan fingerprint density at radius 3 is 2.68 bits per heavy atom. The summed E-state index contributed by atoms with van der Waals surface area (Å²) in [7, 11) is 1.36. The summed E-state index contributed by atoms with van der Waals surface area (Å²) in [6, 6.07) is 9.25. The van der Waals surface area contributed by atoms with Gasteiger partial charge in [-0.2, -0.15) is 0 Å². The second kappa shape index (κ2) is 6.85. The first-order chi connectivity index (χ1) is 11.9. The average molecular weight is 372 g/mol. The number of hydrogen-bond donors (Lipinski definition) is 1. The normalized spacial score (nSPS) is 15.6. The first kappa shape index (κ1) is 17.4. The quantitative estimate of drug-likeness (QED) is 0.509. The zero-order valence-electron chi connectivity index (χ0n) is 14.0. The molecule has 0 bridgehead atoms. The molecule has 0 spiro atoms. The van der Waals surface area contributed by atoms with Crippen LogP contribution < -0.4 is 5.32 Å². The molecule has 0 radical (unpaired) electrons. The van der Waals surface area contributed by atoms with Gasteiger partial charge in [-0.25, -0.2) is 4.79 Å². The molecule has 0 atom stereocenters. The van der Waals surface area contributed by atoms with E-state index >= 15 is 0 Å². The van der Waals surface area contributed by atoms with Gasteiger partial charge < -0.3 is 14.6 Å². The van der Waals surface area contributed by atoms with Gasteiger partial charge in [0.2, 0.25) is 0 Å². The van der Waals surface area contributed by atoms with Crippen molar-refractivity contribution in [3.63, 3.8) is 0 Å². The van der Waals surface area contributed by atoms with Crippen molar-refractivity contribution in [3.05, 3.63) is 57.8 Å². The number of hydrogen-bond acceptors (Lipinski definition) is 5. The highest BCUT2D eigenvalue weighted by Gasteiger charge is 2.23. The summed E-state index contributed by atoms with van der Waals surface area (Å²) >= 11 is 6.27. The highest BCUT2D eigenvalue weighted by molar-refractivity contribution is 8.26. The maximum atomic E-state index is 12.1. The van der Waals surface area contributed by atoms with Crippen molar-refractivity contribution in [1.82, 2.24) is 9.88 Å². The fourth-order valence-corrected chi connectivity index (χ4v) is 3.85. The maximum Gasteiger partial charge on any atom is 0.339 e. The second-order valence-corrected chi connectivity index (χ2v) is 7.24. The van der Waals surface area contributed by atoms with Gasteiger partial charge in [0.05, 0.1) is 23.3 Å². The number of carbonyl (C=O) groups is 2. The van der Waals surface area contributed by atoms with Crippen LogP contribution in [0.1, 0.15) is 27.3 Å². The summed E-state index contributed by atoms with van der Waals surface area (Å²) in [5, 5.41) is 2.61. The standard InChI is InChI=1S/C18H16N2O3S2/c1-10-8-12(9-15-16(21)19-18(24)25-15)11(2)20(10)14-7-5-4-6-13(14)17(22)23-3/h4-9H,1-3H3,(H,19,21,24)/b15-9-. The zero-order valence-corrected chi connectivity index (χ0v) is 15.6. The minimum Gasteiger partial charge on any atom is -0.465 e. The molecule has 3 rings (SSSR count). The van der Waals surface area contributed by atoms with Crippen molar-refractivity contribution >= 4 is 46.3 Å². The number of amides is 1. The molecular weight excluding hydrogens is 356 g/mol. The van der Waals surface area contributed by atoms with Crippen LogP contribution in [-0.2, 0) is 9.53 Å². The Hall–Kier alpha value is -2.38. The van der Waals surface area contributed by atoms with Crippen molar-refractivity contribution in [2.24, 2.45) is 0 Å². The number of aryl methyl sites for hydroxylation is 1. The molecule has 128 valence electrons. The number of esters is 1. The molecule has 1 amide bonds. The third kappa shape index (κ3) is 3.25. The van der Waals surface area contributed by atoms with E-state index in [4.69, 9.17) is 17.0 Å². The number of para-hydroxylation sites is 1. The zero-order chi connectivity index (χ0) is 18.1. The molecule has 0 unspecified atom stereocenters. The van der Waals surface area contributed by atoms with Crippen molar-refractivity contribution in [2.45, 2.75) is 13.8 Å². The molecule has 5 nitrogen and oxygen atoms in total. The van der Waals surface area contributed by atoms with Crippen LogP contribution in [0.25, 0.3) is 11.8 Å². The molecule has 1 N–H and O–H groups in total. The van der Waals surface area contributed by atoms with E-state index in [2.05, 4.69) is 5.32 Å². The number of benzene rings is 1. The van der Waals surface area contributed by atoms with E-state index in [9.17, 15) is 9.59 Å². The van der Waals surface area contributed by atoms with Crippen LogP contribution in [0.3, 0.4) is 0 Å². The molecule has 2 heterocycles. The predicted molar refractivity (Wildman–Crippen MR) is 103 cm³/mol. The van der Waals surface area contributed by atoms with Crippen molar-refractivity contribution < 1.29 is 14.3 Å². The number of thiocarbonyl (C=S) groups is 1. The van der Waals surface area contributed by atoms with Crippen LogP contribution in [0.15, 0.2) is 35.2 Å². The number of aromatic nitrogens is 1. The number of ether oxygens (including phenoxy) is 1. The molecule has 25 heavy (non-hydrogen) atoms. The third-order valence-corrected chi connectivity index (χ3v) is 5.11. The van der Waals surface area contributed by atoms with E-state index in [-0.39, 0.29) is 11.9 Å². The van der Waals surface area contributed by atoms with E-state index in [1.807, 2.05) is 42.7 Å². The second-order valence-electron chi connectivity index (χ2n) is 5.52. The van der Waals surface area contributed by atoms with Gasteiger partial charge in [-0.1, -0.05) is 36.1 Å². The molecule has 1 aromatic carbocycles. The Kier molecular flexibility index (Phi) is 4.78. The van der Waals surface area contributed by atoms with Gasteiger partial charge in [0.1, 0.15) is 4.32 Å². The summed E-state index contributed by atoms with van der Waals surface area (Å²) in [6.45, 7) is 3.90. The summed E-state index contributed by atoms with van der Waals surface area (Å²) < 4.78 is 7.32. The van der Waals surface area contributed by atoms with Crippen LogP contribution in [0, 0.1) is 13.8 Å². The first-order valence-electron chi connectivity index (χ1n) is 7.54. The molecular formula is C18H16N2O3S2. The maximum absolute atomic E-state index is 12.1. The van der Waals surface area contributed by atoms with Crippen LogP contribution in [0.4, 0.5) is 0 Å². The van der Waals surface area contributed by atoms with Gasteiger partial charge >= 0.3 is 5.97 Å². The highest BCUT2D eigenvalue weighted by atomic mass is 32.2. The van der Waals surface area contributed by atoms with Crippen molar-refractivity contribution in [2.75, 3.05) is 7.11 Å². The lowest BCUT2D eigenvalue weighted by molar-refractivity contribution is -0.115. The van der Waals surface area contributed by atoms with Gasteiger partial charge in [-0.3, -0.25) is 4.79 Å².